The Balaban J connectivity index is 1.50. The number of alkyl halides is 3. The SMILES string of the molecule is O=[N+]([O-])c1cccc(-c2ncn(Cc3csc(-c4ccc(C(F)(F)F)cc4)n3)n2)c1. The second-order valence-electron chi connectivity index (χ2n) is 6.29. The van der Waals surface area contributed by atoms with Crippen molar-refractivity contribution >= 4 is 17.0 Å². The predicted molar refractivity (Wildman–Crippen MR) is 104 cm³/mol. The Hall–Kier alpha value is -3.60. The van der Waals surface area contributed by atoms with Crippen LogP contribution in [0.15, 0.2) is 60.2 Å². The van der Waals surface area contributed by atoms with E-state index in [0.29, 0.717) is 34.2 Å². The van der Waals surface area contributed by atoms with E-state index in [4.69, 9.17) is 0 Å². The van der Waals surface area contributed by atoms with Crippen LogP contribution in [0.25, 0.3) is 22.0 Å². The maximum absolute atomic E-state index is 12.7. The monoisotopic (exact) mass is 431 g/mol. The zero-order valence-electron chi connectivity index (χ0n) is 15.1. The van der Waals surface area contributed by atoms with E-state index in [1.54, 1.807) is 22.2 Å². The predicted octanol–water partition coefficient (Wildman–Crippen LogP) is 5.04. The molecule has 0 fully saturated rings. The molecule has 0 unspecified atom stereocenters. The van der Waals surface area contributed by atoms with Gasteiger partial charge in [-0.3, -0.25) is 10.1 Å². The van der Waals surface area contributed by atoms with Gasteiger partial charge in [0.15, 0.2) is 5.82 Å². The Kier molecular flexibility index (Phi) is 5.04. The third-order valence-electron chi connectivity index (χ3n) is 4.19. The quantitative estimate of drug-likeness (QED) is 0.326. The zero-order chi connectivity index (χ0) is 21.3. The first-order valence-electron chi connectivity index (χ1n) is 8.56. The number of rotatable bonds is 5. The zero-order valence-corrected chi connectivity index (χ0v) is 15.9. The van der Waals surface area contributed by atoms with Crippen molar-refractivity contribution in [3.8, 4) is 22.0 Å². The Morgan fingerprint density at radius 3 is 2.57 bits per heavy atom. The molecule has 0 atom stereocenters. The number of thiazole rings is 1. The third kappa shape index (κ3) is 4.20. The van der Waals surface area contributed by atoms with E-state index in [9.17, 15) is 23.3 Å². The Bertz CT molecular complexity index is 1200. The van der Waals surface area contributed by atoms with Gasteiger partial charge < -0.3 is 0 Å². The van der Waals surface area contributed by atoms with Gasteiger partial charge in [0.25, 0.3) is 5.69 Å². The number of nitro groups is 1. The van der Waals surface area contributed by atoms with E-state index in [1.807, 2.05) is 0 Å². The van der Waals surface area contributed by atoms with E-state index in [0.717, 1.165) is 12.1 Å². The highest BCUT2D eigenvalue weighted by atomic mass is 32.1. The molecule has 4 rings (SSSR count). The Morgan fingerprint density at radius 1 is 1.10 bits per heavy atom. The smallest absolute Gasteiger partial charge is 0.258 e. The van der Waals surface area contributed by atoms with E-state index in [-0.39, 0.29) is 5.69 Å². The minimum Gasteiger partial charge on any atom is -0.258 e. The molecule has 0 saturated carbocycles. The molecule has 4 aromatic rings. The number of benzene rings is 2. The molecule has 0 aliphatic carbocycles. The highest BCUT2D eigenvalue weighted by Gasteiger charge is 2.30. The molecule has 2 aromatic heterocycles. The second kappa shape index (κ2) is 7.67. The summed E-state index contributed by atoms with van der Waals surface area (Å²) in [5.41, 5.74) is 1.02. The van der Waals surface area contributed by atoms with Crippen LogP contribution in [0.1, 0.15) is 11.3 Å². The van der Waals surface area contributed by atoms with Gasteiger partial charge in [0.1, 0.15) is 11.3 Å². The van der Waals surface area contributed by atoms with Crippen molar-refractivity contribution in [3.05, 3.63) is 81.6 Å². The highest BCUT2D eigenvalue weighted by Crippen LogP contribution is 2.32. The van der Waals surface area contributed by atoms with Crippen LogP contribution < -0.4 is 0 Å². The summed E-state index contributed by atoms with van der Waals surface area (Å²) in [7, 11) is 0. The average Bonchev–Trinajstić information content (AvgIpc) is 3.38. The summed E-state index contributed by atoms with van der Waals surface area (Å²) in [6, 6.07) is 10.9. The number of hydrogen-bond donors (Lipinski definition) is 0. The van der Waals surface area contributed by atoms with Gasteiger partial charge >= 0.3 is 6.18 Å². The topological polar surface area (TPSA) is 86.7 Å². The lowest BCUT2D eigenvalue weighted by Crippen LogP contribution is -2.04. The molecule has 0 saturated heterocycles. The maximum atomic E-state index is 12.7. The number of non-ortho nitro benzene ring substituents is 1. The molecule has 0 aliphatic heterocycles. The fraction of sp³-hybridized carbons (Fsp3) is 0.105. The normalized spacial score (nSPS) is 11.6. The molecule has 2 heterocycles. The number of hydrogen-bond acceptors (Lipinski definition) is 6. The number of aromatic nitrogens is 4. The average molecular weight is 431 g/mol. The Labute approximate surface area is 171 Å². The van der Waals surface area contributed by atoms with Crippen molar-refractivity contribution in [2.75, 3.05) is 0 Å². The van der Waals surface area contributed by atoms with Crippen LogP contribution >= 0.6 is 11.3 Å². The van der Waals surface area contributed by atoms with Crippen LogP contribution in [0.3, 0.4) is 0 Å². The maximum Gasteiger partial charge on any atom is 0.416 e. The second-order valence-corrected chi connectivity index (χ2v) is 7.15. The van der Waals surface area contributed by atoms with Crippen molar-refractivity contribution < 1.29 is 18.1 Å². The fourth-order valence-electron chi connectivity index (χ4n) is 2.74. The van der Waals surface area contributed by atoms with E-state index in [1.165, 1.54) is 41.9 Å². The van der Waals surface area contributed by atoms with Crippen LogP contribution in [0, 0.1) is 10.1 Å². The first kappa shape index (κ1) is 19.7. The van der Waals surface area contributed by atoms with Gasteiger partial charge in [-0.2, -0.15) is 18.3 Å². The lowest BCUT2D eigenvalue weighted by molar-refractivity contribution is -0.384. The van der Waals surface area contributed by atoms with Crippen molar-refractivity contribution in [1.29, 1.82) is 0 Å². The highest BCUT2D eigenvalue weighted by molar-refractivity contribution is 7.13. The molecule has 0 N–H and O–H groups in total. The summed E-state index contributed by atoms with van der Waals surface area (Å²) in [5.74, 6) is 0.344. The van der Waals surface area contributed by atoms with Crippen molar-refractivity contribution in [2.45, 2.75) is 12.7 Å². The van der Waals surface area contributed by atoms with Crippen molar-refractivity contribution in [1.82, 2.24) is 19.7 Å². The molecule has 2 aromatic carbocycles. The summed E-state index contributed by atoms with van der Waals surface area (Å²) in [4.78, 5) is 19.1. The minimum absolute atomic E-state index is 0.0514. The van der Waals surface area contributed by atoms with Crippen molar-refractivity contribution in [3.63, 3.8) is 0 Å². The molecule has 7 nitrogen and oxygen atoms in total. The lowest BCUT2D eigenvalue weighted by Gasteiger charge is -2.06. The molecular formula is C19H12F3N5O2S. The van der Waals surface area contributed by atoms with Gasteiger partial charge in [-0.05, 0) is 12.1 Å². The molecular weight excluding hydrogens is 419 g/mol. The third-order valence-corrected chi connectivity index (χ3v) is 5.13. The van der Waals surface area contributed by atoms with Crippen LogP contribution in [0.5, 0.6) is 0 Å². The van der Waals surface area contributed by atoms with Crippen LogP contribution in [0.2, 0.25) is 0 Å². The van der Waals surface area contributed by atoms with Crippen molar-refractivity contribution in [2.24, 2.45) is 0 Å². The first-order valence-corrected chi connectivity index (χ1v) is 9.44. The summed E-state index contributed by atoms with van der Waals surface area (Å²) >= 11 is 1.31. The Morgan fingerprint density at radius 2 is 1.87 bits per heavy atom. The van der Waals surface area contributed by atoms with Gasteiger partial charge in [0, 0.05) is 28.6 Å². The van der Waals surface area contributed by atoms with E-state index < -0.39 is 16.7 Å². The molecule has 30 heavy (non-hydrogen) atoms. The first-order chi connectivity index (χ1) is 14.3. The molecule has 0 radical (unpaired) electrons. The summed E-state index contributed by atoms with van der Waals surface area (Å²) < 4.78 is 39.6. The van der Waals surface area contributed by atoms with Crippen LogP contribution in [-0.4, -0.2) is 24.7 Å². The van der Waals surface area contributed by atoms with Gasteiger partial charge in [0.05, 0.1) is 22.7 Å². The van der Waals surface area contributed by atoms with Crippen LogP contribution in [-0.2, 0) is 12.7 Å². The largest absolute Gasteiger partial charge is 0.416 e. The van der Waals surface area contributed by atoms with E-state index >= 15 is 0 Å². The molecule has 0 spiro atoms. The minimum atomic E-state index is -4.38. The van der Waals surface area contributed by atoms with Gasteiger partial charge in [-0.1, -0.05) is 24.3 Å². The molecule has 152 valence electrons. The van der Waals surface area contributed by atoms with Gasteiger partial charge in [-0.15, -0.1) is 11.3 Å². The summed E-state index contributed by atoms with van der Waals surface area (Å²) in [6.45, 7) is 0.305. The number of nitrogens with zero attached hydrogens (tertiary/aromatic N) is 5. The van der Waals surface area contributed by atoms with Gasteiger partial charge in [-0.25, -0.2) is 14.6 Å². The van der Waals surface area contributed by atoms with E-state index in [2.05, 4.69) is 15.1 Å². The van der Waals surface area contributed by atoms with Gasteiger partial charge in [0.2, 0.25) is 0 Å². The van der Waals surface area contributed by atoms with Crippen LogP contribution in [0.4, 0.5) is 18.9 Å². The fourth-order valence-corrected chi connectivity index (χ4v) is 3.56. The molecule has 0 bridgehead atoms. The molecule has 11 heteroatoms. The summed E-state index contributed by atoms with van der Waals surface area (Å²) in [6.07, 6.45) is -2.89. The number of halogens is 3. The standard InChI is InChI=1S/C19H12F3N5O2S/c20-19(21,22)14-6-4-12(5-7-14)18-24-15(10-30-18)9-26-11-23-17(25-26)13-2-1-3-16(8-13)27(28)29/h1-8,10-11H,9H2. The molecule has 0 aliphatic rings. The number of nitro benzene ring substituents is 1. The molecule has 0 amide bonds. The lowest BCUT2D eigenvalue weighted by atomic mass is 10.1. The summed E-state index contributed by atoms with van der Waals surface area (Å²) in [5, 5.41) is 17.6.